The van der Waals surface area contributed by atoms with Crippen molar-refractivity contribution < 1.29 is 13.3 Å². The maximum Gasteiger partial charge on any atom is 0.299 e. The van der Waals surface area contributed by atoms with Gasteiger partial charge in [-0.3, -0.25) is 10.1 Å². The van der Waals surface area contributed by atoms with E-state index < -0.39 is 15.4 Å². The highest BCUT2D eigenvalue weighted by atomic mass is 32.2. The number of allylic oxidation sites excluding steroid dienone is 1. The van der Waals surface area contributed by atoms with Gasteiger partial charge < -0.3 is 0 Å². The predicted octanol–water partition coefficient (Wildman–Crippen LogP) is 4.50. The summed E-state index contributed by atoms with van der Waals surface area (Å²) in [6, 6.07) is -0.215. The maximum absolute atomic E-state index is 13.4. The Balaban J connectivity index is 2.43. The summed E-state index contributed by atoms with van der Waals surface area (Å²) in [7, 11) is -3.48. The maximum atomic E-state index is 13.4. The van der Waals surface area contributed by atoms with Crippen LogP contribution in [0.3, 0.4) is 0 Å². The lowest BCUT2D eigenvalue weighted by Gasteiger charge is -2.43. The van der Waals surface area contributed by atoms with Crippen molar-refractivity contribution in [3.63, 3.8) is 0 Å². The minimum Gasteiger partial charge on any atom is -0.258 e. The Morgan fingerprint density at radius 2 is 1.85 bits per heavy atom. The second kappa shape index (κ2) is 7.67. The van der Waals surface area contributed by atoms with Crippen molar-refractivity contribution in [2.24, 2.45) is 16.7 Å². The summed E-state index contributed by atoms with van der Waals surface area (Å²) in [4.78, 5) is 11.0. The number of sulfonamides is 1. The van der Waals surface area contributed by atoms with E-state index in [4.69, 9.17) is 0 Å². The minimum atomic E-state index is -3.48. The Morgan fingerprint density at radius 1 is 1.30 bits per heavy atom. The fourth-order valence-corrected chi connectivity index (χ4v) is 9.99. The molecule has 6 nitrogen and oxygen atoms in total. The quantitative estimate of drug-likeness (QED) is 0.428. The molecule has 2 bridgehead atoms. The third-order valence-electron chi connectivity index (χ3n) is 6.83. The van der Waals surface area contributed by atoms with Crippen LogP contribution in [0.25, 0.3) is 0 Å². The highest BCUT2D eigenvalue weighted by Crippen LogP contribution is 2.69. The molecule has 2 aliphatic rings. The number of hydrogen-bond acceptors (Lipinski definition) is 5. The van der Waals surface area contributed by atoms with Crippen molar-refractivity contribution in [2.75, 3.05) is 5.75 Å². The summed E-state index contributed by atoms with van der Waals surface area (Å²) in [5, 5.41) is 11.4. The lowest BCUT2D eigenvalue weighted by Crippen LogP contribution is -2.50. The van der Waals surface area contributed by atoms with Gasteiger partial charge >= 0.3 is 0 Å². The van der Waals surface area contributed by atoms with Crippen molar-refractivity contribution in [2.45, 2.75) is 85.1 Å². The largest absolute Gasteiger partial charge is 0.299 e. The third kappa shape index (κ3) is 3.81. The Bertz CT molecular complexity index is 707. The molecule has 0 heterocycles. The molecule has 8 heteroatoms. The highest BCUT2D eigenvalue weighted by Gasteiger charge is 2.66. The number of nitrogens with zero attached hydrogens (tertiary/aromatic N) is 2. The summed E-state index contributed by atoms with van der Waals surface area (Å²) >= 11 is 1.27. The van der Waals surface area contributed by atoms with E-state index in [-0.39, 0.29) is 38.5 Å². The molecular formula is C19H34N2O4S2. The molecule has 2 rings (SSSR count). The molecule has 0 aliphatic heterocycles. The van der Waals surface area contributed by atoms with Gasteiger partial charge in [-0.1, -0.05) is 13.8 Å². The van der Waals surface area contributed by atoms with Gasteiger partial charge in [-0.15, -0.1) is 0 Å². The molecule has 0 amide bonds. The number of rotatable bonds is 8. The first kappa shape index (κ1) is 22.7. The van der Waals surface area contributed by atoms with Crippen molar-refractivity contribution in [3.8, 4) is 0 Å². The molecule has 0 unspecified atom stereocenters. The number of nitro groups is 1. The van der Waals surface area contributed by atoms with Gasteiger partial charge in [-0.25, -0.2) is 8.42 Å². The van der Waals surface area contributed by atoms with Crippen LogP contribution in [0.15, 0.2) is 11.1 Å². The SMILES string of the molecule is C/C=C(\S[C@@H]1C[C@H]2CC[C@]1(CS(=O)(=O)N(C(C)C)C(C)C)C2(C)C)[N+](=O)[O-]. The average molecular weight is 419 g/mol. The number of fused-ring (bicyclic) bond motifs is 2. The zero-order chi connectivity index (χ0) is 20.8. The molecule has 0 aromatic heterocycles. The third-order valence-corrected chi connectivity index (χ3v) is 10.7. The molecule has 0 radical (unpaired) electrons. The van der Waals surface area contributed by atoms with Crippen LogP contribution in [0, 0.1) is 26.9 Å². The zero-order valence-electron chi connectivity index (χ0n) is 17.6. The Hall–Kier alpha value is -0.600. The van der Waals surface area contributed by atoms with E-state index in [9.17, 15) is 18.5 Å². The van der Waals surface area contributed by atoms with Crippen molar-refractivity contribution in [1.82, 2.24) is 4.31 Å². The first-order chi connectivity index (χ1) is 12.3. The van der Waals surface area contributed by atoms with Crippen LogP contribution < -0.4 is 0 Å². The summed E-state index contributed by atoms with van der Waals surface area (Å²) in [6.07, 6.45) is 4.20. The molecule has 0 N–H and O–H groups in total. The molecular weight excluding hydrogens is 384 g/mol. The second-order valence-corrected chi connectivity index (χ2v) is 12.2. The van der Waals surface area contributed by atoms with Gasteiger partial charge in [0.2, 0.25) is 10.0 Å². The van der Waals surface area contributed by atoms with Gasteiger partial charge in [-0.05, 0) is 83.1 Å². The van der Waals surface area contributed by atoms with Gasteiger partial charge in [0.05, 0.1) is 10.7 Å². The normalized spacial score (nSPS) is 30.7. The second-order valence-electron chi connectivity index (χ2n) is 9.11. The molecule has 0 aromatic carbocycles. The molecule has 156 valence electrons. The summed E-state index contributed by atoms with van der Waals surface area (Å²) in [6.45, 7) is 13.6. The van der Waals surface area contributed by atoms with Crippen LogP contribution in [0.2, 0.25) is 0 Å². The standard InChI is InChI=1S/C19H34N2O4S2/c1-8-17(21(22)23)26-16-11-15-9-10-19(16,18(15,6)7)12-27(24,25)20(13(2)3)14(4)5/h8,13-16H,9-12H2,1-7H3/b17-8-/t15-,16-,19-/m1/s1. The van der Waals surface area contributed by atoms with E-state index in [0.717, 1.165) is 19.3 Å². The number of thioether (sulfide) groups is 1. The van der Waals surface area contributed by atoms with E-state index in [1.165, 1.54) is 17.8 Å². The zero-order valence-corrected chi connectivity index (χ0v) is 19.2. The van der Waals surface area contributed by atoms with Crippen LogP contribution >= 0.6 is 11.8 Å². The smallest absolute Gasteiger partial charge is 0.258 e. The Labute approximate surface area is 168 Å². The summed E-state index contributed by atoms with van der Waals surface area (Å²) in [5.74, 6) is 0.494. The van der Waals surface area contributed by atoms with Gasteiger partial charge in [-0.2, -0.15) is 4.31 Å². The summed E-state index contributed by atoms with van der Waals surface area (Å²) in [5.41, 5.74) is -0.583. The molecule has 2 aliphatic carbocycles. The molecule has 2 saturated carbocycles. The van der Waals surface area contributed by atoms with Crippen LogP contribution in [-0.2, 0) is 10.0 Å². The van der Waals surface area contributed by atoms with Crippen LogP contribution in [-0.4, -0.2) is 40.7 Å². The van der Waals surface area contributed by atoms with Crippen LogP contribution in [0.1, 0.15) is 67.7 Å². The fourth-order valence-electron chi connectivity index (χ4n) is 5.51. The van der Waals surface area contributed by atoms with Crippen LogP contribution in [0.4, 0.5) is 0 Å². The van der Waals surface area contributed by atoms with Gasteiger partial charge in [0.15, 0.2) is 0 Å². The molecule has 3 atom stereocenters. The minimum absolute atomic E-state index is 0.0428. The highest BCUT2D eigenvalue weighted by molar-refractivity contribution is 8.03. The van der Waals surface area contributed by atoms with Crippen molar-refractivity contribution >= 4 is 21.8 Å². The van der Waals surface area contributed by atoms with E-state index in [0.29, 0.717) is 5.92 Å². The number of hydrogen-bond donors (Lipinski definition) is 0. The Morgan fingerprint density at radius 3 is 2.26 bits per heavy atom. The fraction of sp³-hybridized carbons (Fsp3) is 0.895. The molecule has 27 heavy (non-hydrogen) atoms. The Kier molecular flexibility index (Phi) is 6.45. The van der Waals surface area contributed by atoms with E-state index in [1.807, 2.05) is 27.7 Å². The van der Waals surface area contributed by atoms with Gasteiger partial charge in [0.25, 0.3) is 5.03 Å². The lowest BCUT2D eigenvalue weighted by molar-refractivity contribution is -0.410. The predicted molar refractivity (Wildman–Crippen MR) is 112 cm³/mol. The average Bonchev–Trinajstić information content (AvgIpc) is 2.84. The van der Waals surface area contributed by atoms with E-state index in [1.54, 1.807) is 11.2 Å². The first-order valence-corrected chi connectivity index (χ1v) is 12.3. The van der Waals surface area contributed by atoms with Crippen molar-refractivity contribution in [3.05, 3.63) is 21.2 Å². The van der Waals surface area contributed by atoms with Gasteiger partial charge in [0, 0.05) is 22.7 Å². The lowest BCUT2D eigenvalue weighted by atomic mass is 9.70. The molecule has 2 fully saturated rings. The monoisotopic (exact) mass is 418 g/mol. The van der Waals surface area contributed by atoms with Crippen molar-refractivity contribution in [1.29, 1.82) is 0 Å². The van der Waals surface area contributed by atoms with E-state index in [2.05, 4.69) is 13.8 Å². The van der Waals surface area contributed by atoms with Crippen LogP contribution in [0.5, 0.6) is 0 Å². The molecule has 0 aromatic rings. The van der Waals surface area contributed by atoms with Gasteiger partial charge in [0.1, 0.15) is 0 Å². The summed E-state index contributed by atoms with van der Waals surface area (Å²) < 4.78 is 28.5. The molecule has 0 saturated heterocycles. The molecule has 0 spiro atoms. The topological polar surface area (TPSA) is 80.5 Å². The first-order valence-electron chi connectivity index (χ1n) is 9.78. The van der Waals surface area contributed by atoms with E-state index >= 15 is 0 Å².